The lowest BCUT2D eigenvalue weighted by atomic mass is 10.4. The highest BCUT2D eigenvalue weighted by atomic mass is 16.2. The Morgan fingerprint density at radius 2 is 1.08 bits per heavy atom. The number of hydrogen-bond donors (Lipinski definition) is 1. The van der Waals surface area contributed by atoms with Gasteiger partial charge in [0.2, 0.25) is 0 Å². The first-order valence-electron chi connectivity index (χ1n) is 4.57. The molecule has 0 fully saturated rings. The Kier molecular flexibility index (Phi) is 86.5. The van der Waals surface area contributed by atoms with E-state index in [4.69, 9.17) is 5.11 Å². The molecule has 1 N–H and O–H groups in total. The van der Waals surface area contributed by atoms with Crippen molar-refractivity contribution in [3.8, 4) is 0 Å². The molecule has 0 aromatic carbocycles. The number of Topliss-reactive ketones (excluding diaryl/α,β-unsaturated/α-hetero) is 1. The van der Waals surface area contributed by atoms with Crippen molar-refractivity contribution in [2.75, 3.05) is 7.11 Å². The summed E-state index contributed by atoms with van der Waals surface area (Å²) in [7, 11) is 1.00. The zero-order valence-electron chi connectivity index (χ0n) is 9.77. The van der Waals surface area contributed by atoms with Crippen molar-refractivity contribution in [2.24, 2.45) is 0 Å². The van der Waals surface area contributed by atoms with Crippen molar-refractivity contribution in [3.63, 3.8) is 0 Å². The standard InChI is InChI=1S/C4H10.C3H6O.C2H6.CH4O/c1-3-4-2;1-3(2)4;2*1-2/h3-4H2,1-2H3;1-2H3;1-2H3;2H,1H3. The van der Waals surface area contributed by atoms with Gasteiger partial charge in [-0.05, 0) is 13.8 Å². The molecule has 0 aromatic heterocycles. The fourth-order valence-electron chi connectivity index (χ4n) is 0. The van der Waals surface area contributed by atoms with Crippen LogP contribution in [0.15, 0.2) is 0 Å². The fourth-order valence-corrected chi connectivity index (χ4v) is 0. The molecular formula is C10H26O2. The Morgan fingerprint density at radius 3 is 1.08 bits per heavy atom. The van der Waals surface area contributed by atoms with Gasteiger partial charge in [0.1, 0.15) is 5.78 Å². The monoisotopic (exact) mass is 178 g/mol. The Morgan fingerprint density at radius 1 is 1.00 bits per heavy atom. The lowest BCUT2D eigenvalue weighted by Gasteiger charge is -1.68. The van der Waals surface area contributed by atoms with Gasteiger partial charge in [0.25, 0.3) is 0 Å². The molecule has 0 bridgehead atoms. The van der Waals surface area contributed by atoms with Crippen LogP contribution in [0.5, 0.6) is 0 Å². The molecule has 0 aliphatic heterocycles. The quantitative estimate of drug-likeness (QED) is 0.670. The summed E-state index contributed by atoms with van der Waals surface area (Å²) in [6, 6.07) is 0. The molecule has 2 heteroatoms. The zero-order valence-corrected chi connectivity index (χ0v) is 9.77. The first-order valence-corrected chi connectivity index (χ1v) is 4.57. The minimum absolute atomic E-state index is 0.167. The van der Waals surface area contributed by atoms with Crippen molar-refractivity contribution in [2.45, 2.75) is 54.4 Å². The van der Waals surface area contributed by atoms with E-state index in [0.717, 1.165) is 7.11 Å². The Balaban J connectivity index is -0.0000000380. The Hall–Kier alpha value is -0.370. The molecule has 0 radical (unpaired) electrons. The topological polar surface area (TPSA) is 37.3 Å². The normalized spacial score (nSPS) is 5.67. The van der Waals surface area contributed by atoms with Crippen LogP contribution in [0.1, 0.15) is 54.4 Å². The number of unbranched alkanes of at least 4 members (excludes halogenated alkanes) is 1. The molecule has 12 heavy (non-hydrogen) atoms. The second-order valence-electron chi connectivity index (χ2n) is 1.91. The molecule has 0 aliphatic rings. The predicted molar refractivity (Wildman–Crippen MR) is 56.4 cm³/mol. The van der Waals surface area contributed by atoms with E-state index in [0.29, 0.717) is 0 Å². The first kappa shape index (κ1) is 22.6. The zero-order chi connectivity index (χ0) is 11.0. The molecule has 0 atom stereocenters. The predicted octanol–water partition coefficient (Wildman–Crippen LogP) is 3.04. The summed E-state index contributed by atoms with van der Waals surface area (Å²) in [5, 5.41) is 7.00. The molecule has 0 aliphatic carbocycles. The van der Waals surface area contributed by atoms with E-state index >= 15 is 0 Å². The minimum Gasteiger partial charge on any atom is -0.400 e. The van der Waals surface area contributed by atoms with Gasteiger partial charge in [-0.2, -0.15) is 0 Å². The molecule has 0 aromatic rings. The van der Waals surface area contributed by atoms with Crippen LogP contribution in [0.3, 0.4) is 0 Å². The molecule has 0 amide bonds. The van der Waals surface area contributed by atoms with Gasteiger partial charge in [-0.25, -0.2) is 0 Å². The van der Waals surface area contributed by atoms with Crippen LogP contribution in [0.2, 0.25) is 0 Å². The largest absolute Gasteiger partial charge is 0.400 e. The maximum atomic E-state index is 9.44. The van der Waals surface area contributed by atoms with Gasteiger partial charge in [-0.3, -0.25) is 0 Å². The van der Waals surface area contributed by atoms with Crippen LogP contribution in [0, 0.1) is 0 Å². The summed E-state index contributed by atoms with van der Waals surface area (Å²) in [6.45, 7) is 11.4. The van der Waals surface area contributed by atoms with Gasteiger partial charge in [0.05, 0.1) is 0 Å². The van der Waals surface area contributed by atoms with Crippen LogP contribution in [0.4, 0.5) is 0 Å². The summed E-state index contributed by atoms with van der Waals surface area (Å²) in [6.07, 6.45) is 2.64. The van der Waals surface area contributed by atoms with Crippen LogP contribution in [0.25, 0.3) is 0 Å². The van der Waals surface area contributed by atoms with Crippen LogP contribution in [-0.2, 0) is 4.79 Å². The van der Waals surface area contributed by atoms with E-state index in [1.165, 1.54) is 26.7 Å². The van der Waals surface area contributed by atoms with Gasteiger partial charge in [0.15, 0.2) is 0 Å². The van der Waals surface area contributed by atoms with Gasteiger partial charge >= 0.3 is 0 Å². The smallest absolute Gasteiger partial charge is 0.126 e. The van der Waals surface area contributed by atoms with E-state index < -0.39 is 0 Å². The van der Waals surface area contributed by atoms with Crippen molar-refractivity contribution < 1.29 is 9.90 Å². The van der Waals surface area contributed by atoms with E-state index in [9.17, 15) is 4.79 Å². The fraction of sp³-hybridized carbons (Fsp3) is 0.900. The highest BCUT2D eigenvalue weighted by Gasteiger charge is 1.62. The molecule has 78 valence electrons. The average molecular weight is 178 g/mol. The molecule has 0 spiro atoms. The third kappa shape index (κ3) is 1810. The van der Waals surface area contributed by atoms with E-state index in [1.807, 2.05) is 13.8 Å². The average Bonchev–Trinajstić information content (AvgIpc) is 2.10. The summed E-state index contributed by atoms with van der Waals surface area (Å²) >= 11 is 0. The molecule has 0 saturated carbocycles. The van der Waals surface area contributed by atoms with E-state index in [-0.39, 0.29) is 5.78 Å². The number of carbonyl (C=O) groups excluding carboxylic acids is 1. The van der Waals surface area contributed by atoms with Crippen LogP contribution in [-0.4, -0.2) is 18.0 Å². The van der Waals surface area contributed by atoms with Gasteiger partial charge < -0.3 is 9.90 Å². The van der Waals surface area contributed by atoms with Gasteiger partial charge in [-0.1, -0.05) is 40.5 Å². The SMILES string of the molecule is CC.CC(C)=O.CCCC.CO. The molecule has 0 heterocycles. The summed E-state index contributed by atoms with van der Waals surface area (Å²) in [5.41, 5.74) is 0. The molecule has 2 nitrogen and oxygen atoms in total. The number of ketones is 1. The summed E-state index contributed by atoms with van der Waals surface area (Å²) in [5.74, 6) is 0.167. The van der Waals surface area contributed by atoms with Crippen molar-refractivity contribution in [3.05, 3.63) is 0 Å². The van der Waals surface area contributed by atoms with Crippen LogP contribution < -0.4 is 0 Å². The van der Waals surface area contributed by atoms with Gasteiger partial charge in [0, 0.05) is 7.11 Å². The second-order valence-corrected chi connectivity index (χ2v) is 1.91. The maximum absolute atomic E-state index is 9.44. The lowest BCUT2D eigenvalue weighted by Crippen LogP contribution is -1.69. The highest BCUT2D eigenvalue weighted by Crippen LogP contribution is 1.76. The van der Waals surface area contributed by atoms with Crippen LogP contribution >= 0.6 is 0 Å². The van der Waals surface area contributed by atoms with Gasteiger partial charge in [-0.15, -0.1) is 0 Å². The number of carbonyl (C=O) groups is 1. The number of aliphatic hydroxyl groups is 1. The molecule has 0 saturated heterocycles. The lowest BCUT2D eigenvalue weighted by molar-refractivity contribution is -0.114. The second kappa shape index (κ2) is 46.0. The highest BCUT2D eigenvalue weighted by molar-refractivity contribution is 5.72. The minimum atomic E-state index is 0.167. The Bertz CT molecular complexity index is 45.8. The van der Waals surface area contributed by atoms with Crippen molar-refractivity contribution in [1.29, 1.82) is 0 Å². The summed E-state index contributed by atoms with van der Waals surface area (Å²) < 4.78 is 0. The molecule has 0 rings (SSSR count). The van der Waals surface area contributed by atoms with E-state index in [1.54, 1.807) is 0 Å². The van der Waals surface area contributed by atoms with Crippen molar-refractivity contribution in [1.82, 2.24) is 0 Å². The number of hydrogen-bond acceptors (Lipinski definition) is 2. The molecule has 0 unspecified atom stereocenters. The number of rotatable bonds is 1. The third-order valence-corrected chi connectivity index (χ3v) is 0.500. The van der Waals surface area contributed by atoms with E-state index in [2.05, 4.69) is 13.8 Å². The van der Waals surface area contributed by atoms with Crippen molar-refractivity contribution >= 4 is 5.78 Å². The third-order valence-electron chi connectivity index (χ3n) is 0.500. The number of aliphatic hydroxyl groups excluding tert-OH is 1. The molecular weight excluding hydrogens is 152 g/mol. The Labute approximate surface area is 78.0 Å². The maximum Gasteiger partial charge on any atom is 0.126 e. The summed E-state index contributed by atoms with van der Waals surface area (Å²) in [4.78, 5) is 9.44. The first-order chi connectivity index (χ1) is 5.65.